The molecule has 0 heterocycles. The lowest BCUT2D eigenvalue weighted by Crippen LogP contribution is -2.50. The van der Waals surface area contributed by atoms with E-state index in [9.17, 15) is 0 Å². The highest BCUT2D eigenvalue weighted by atomic mass is 15.7. The molecule has 0 aromatic carbocycles. The van der Waals surface area contributed by atoms with Crippen LogP contribution in [0.5, 0.6) is 0 Å². The van der Waals surface area contributed by atoms with Gasteiger partial charge in [-0.1, -0.05) is 34.6 Å². The summed E-state index contributed by atoms with van der Waals surface area (Å²) in [5, 5.41) is 2.12. The van der Waals surface area contributed by atoms with Gasteiger partial charge in [-0.15, -0.1) is 0 Å². The van der Waals surface area contributed by atoms with Crippen LogP contribution in [0, 0.1) is 11.8 Å². The largest absolute Gasteiger partial charge is 0.241 e. The number of nitrogens with zero attached hydrogens (tertiary/aromatic N) is 1. The highest BCUT2D eigenvalue weighted by Crippen LogP contribution is 1.92. The van der Waals surface area contributed by atoms with Crippen molar-refractivity contribution in [2.75, 3.05) is 19.6 Å². The molecule has 0 radical (unpaired) electrons. The van der Waals surface area contributed by atoms with E-state index in [0.29, 0.717) is 11.8 Å². The van der Waals surface area contributed by atoms with Crippen molar-refractivity contribution in [3.63, 3.8) is 0 Å². The molecule has 0 unspecified atom stereocenters. The van der Waals surface area contributed by atoms with Gasteiger partial charge in [0.15, 0.2) is 0 Å². The van der Waals surface area contributed by atoms with Crippen molar-refractivity contribution in [3.8, 4) is 0 Å². The van der Waals surface area contributed by atoms with Gasteiger partial charge in [-0.2, -0.15) is 5.12 Å². The van der Waals surface area contributed by atoms with Gasteiger partial charge in [0, 0.05) is 19.6 Å². The van der Waals surface area contributed by atoms with E-state index < -0.39 is 0 Å². The second kappa shape index (κ2) is 8.21. The third-order valence-corrected chi connectivity index (χ3v) is 1.83. The van der Waals surface area contributed by atoms with Gasteiger partial charge >= 0.3 is 0 Å². The first-order valence-electron chi connectivity index (χ1n) is 5.80. The van der Waals surface area contributed by atoms with Crippen LogP contribution in [0.4, 0.5) is 0 Å². The highest BCUT2D eigenvalue weighted by Gasteiger charge is 2.03. The predicted octanol–water partition coefficient (Wildman–Crippen LogP) is 2.02. The van der Waals surface area contributed by atoms with Gasteiger partial charge in [0.1, 0.15) is 0 Å². The summed E-state index contributed by atoms with van der Waals surface area (Å²) in [6, 6.07) is 0. The zero-order chi connectivity index (χ0) is 11.0. The molecule has 0 aliphatic carbocycles. The van der Waals surface area contributed by atoms with Crippen LogP contribution in [0.3, 0.4) is 0 Å². The predicted molar refractivity (Wildman–Crippen MR) is 62.7 cm³/mol. The van der Waals surface area contributed by atoms with Crippen molar-refractivity contribution in [2.24, 2.45) is 11.8 Å². The third-order valence-electron chi connectivity index (χ3n) is 1.83. The summed E-state index contributed by atoms with van der Waals surface area (Å²) < 4.78 is 0. The van der Waals surface area contributed by atoms with Crippen LogP contribution in [0.15, 0.2) is 0 Å². The van der Waals surface area contributed by atoms with E-state index in [4.69, 9.17) is 0 Å². The van der Waals surface area contributed by atoms with Crippen LogP contribution in [0.2, 0.25) is 0 Å². The van der Waals surface area contributed by atoms with Gasteiger partial charge in [0.05, 0.1) is 0 Å². The fourth-order valence-corrected chi connectivity index (χ4v) is 1.02. The summed E-state index contributed by atoms with van der Waals surface area (Å²) in [6.45, 7) is 14.2. The lowest BCUT2D eigenvalue weighted by Gasteiger charge is -2.25. The molecule has 0 bridgehead atoms. The maximum absolute atomic E-state index is 3.40. The van der Waals surface area contributed by atoms with Crippen molar-refractivity contribution in [3.05, 3.63) is 0 Å². The number of hydrogen-bond acceptors (Lipinski definition) is 3. The van der Waals surface area contributed by atoms with Crippen molar-refractivity contribution >= 4 is 0 Å². The van der Waals surface area contributed by atoms with Crippen LogP contribution >= 0.6 is 0 Å². The molecular formula is C11H27N3. The van der Waals surface area contributed by atoms with E-state index >= 15 is 0 Å². The second-order valence-electron chi connectivity index (χ2n) is 4.66. The van der Waals surface area contributed by atoms with Crippen LogP contribution in [0.1, 0.15) is 41.0 Å². The molecule has 86 valence electrons. The molecule has 0 spiro atoms. The molecule has 0 aromatic heterocycles. The summed E-state index contributed by atoms with van der Waals surface area (Å²) in [6.07, 6.45) is 1.16. The molecule has 0 fully saturated rings. The molecule has 14 heavy (non-hydrogen) atoms. The minimum atomic E-state index is 0.690. The Hall–Kier alpha value is -0.120. The van der Waals surface area contributed by atoms with E-state index in [1.165, 1.54) is 0 Å². The Bertz CT molecular complexity index is 112. The standard InChI is InChI=1S/C11H27N3/c1-6-7-14(12-8-10(2)3)13-9-11(4)5/h10-13H,6-9H2,1-5H3. The molecule has 0 rings (SSSR count). The summed E-state index contributed by atoms with van der Waals surface area (Å²) in [7, 11) is 0. The Morgan fingerprint density at radius 2 is 1.36 bits per heavy atom. The minimum Gasteiger partial charge on any atom is -0.241 e. The van der Waals surface area contributed by atoms with Gasteiger partial charge in [-0.05, 0) is 18.3 Å². The minimum absolute atomic E-state index is 0.690. The van der Waals surface area contributed by atoms with Gasteiger partial charge in [-0.25, -0.2) is 10.9 Å². The average molecular weight is 201 g/mol. The summed E-state index contributed by atoms with van der Waals surface area (Å²) in [4.78, 5) is 0. The van der Waals surface area contributed by atoms with E-state index in [-0.39, 0.29) is 0 Å². The Balaban J connectivity index is 3.65. The maximum atomic E-state index is 3.40. The lowest BCUT2D eigenvalue weighted by molar-refractivity contribution is 0.101. The zero-order valence-electron chi connectivity index (χ0n) is 10.4. The Morgan fingerprint density at radius 3 is 1.64 bits per heavy atom. The molecule has 0 aliphatic heterocycles. The summed E-state index contributed by atoms with van der Waals surface area (Å²) >= 11 is 0. The normalized spacial score (nSPS) is 12.0. The summed E-state index contributed by atoms with van der Waals surface area (Å²) in [5.41, 5.74) is 6.80. The number of rotatable bonds is 8. The van der Waals surface area contributed by atoms with Gasteiger partial charge in [0.25, 0.3) is 0 Å². The smallest absolute Gasteiger partial charge is 0.0285 e. The first-order valence-corrected chi connectivity index (χ1v) is 5.80. The first kappa shape index (κ1) is 13.9. The number of hydrazine groups is 2. The molecule has 3 nitrogen and oxygen atoms in total. The monoisotopic (exact) mass is 201 g/mol. The number of hydrogen-bond donors (Lipinski definition) is 2. The quantitative estimate of drug-likeness (QED) is 0.588. The maximum Gasteiger partial charge on any atom is 0.0285 e. The first-order chi connectivity index (χ1) is 6.56. The molecule has 0 aromatic rings. The molecular weight excluding hydrogens is 174 g/mol. The van der Waals surface area contributed by atoms with Gasteiger partial charge in [-0.3, -0.25) is 0 Å². The van der Waals surface area contributed by atoms with Crippen molar-refractivity contribution < 1.29 is 0 Å². The molecule has 0 aliphatic rings. The van der Waals surface area contributed by atoms with Crippen molar-refractivity contribution in [2.45, 2.75) is 41.0 Å². The molecule has 2 N–H and O–H groups in total. The fourth-order valence-electron chi connectivity index (χ4n) is 1.02. The Morgan fingerprint density at radius 1 is 0.929 bits per heavy atom. The van der Waals surface area contributed by atoms with Crippen molar-refractivity contribution in [1.82, 2.24) is 16.0 Å². The molecule has 0 saturated carbocycles. The van der Waals surface area contributed by atoms with Crippen LogP contribution in [-0.2, 0) is 0 Å². The van der Waals surface area contributed by atoms with E-state index in [2.05, 4.69) is 50.6 Å². The van der Waals surface area contributed by atoms with E-state index in [1.807, 2.05) is 0 Å². The topological polar surface area (TPSA) is 27.3 Å². The molecule has 0 atom stereocenters. The van der Waals surface area contributed by atoms with Crippen LogP contribution in [-0.4, -0.2) is 24.8 Å². The summed E-state index contributed by atoms with van der Waals surface area (Å²) in [5.74, 6) is 1.38. The van der Waals surface area contributed by atoms with Crippen LogP contribution in [0.25, 0.3) is 0 Å². The Kier molecular flexibility index (Phi) is 8.14. The zero-order valence-corrected chi connectivity index (χ0v) is 10.4. The van der Waals surface area contributed by atoms with Crippen LogP contribution < -0.4 is 10.9 Å². The average Bonchev–Trinajstić information content (AvgIpc) is 2.09. The lowest BCUT2D eigenvalue weighted by atomic mass is 10.2. The molecule has 3 heteroatoms. The van der Waals surface area contributed by atoms with E-state index in [0.717, 1.165) is 26.1 Å². The van der Waals surface area contributed by atoms with Gasteiger partial charge in [0.2, 0.25) is 0 Å². The van der Waals surface area contributed by atoms with Crippen molar-refractivity contribution in [1.29, 1.82) is 0 Å². The van der Waals surface area contributed by atoms with Gasteiger partial charge < -0.3 is 0 Å². The molecule has 0 amide bonds. The van der Waals surface area contributed by atoms with E-state index in [1.54, 1.807) is 0 Å². The molecule has 0 saturated heterocycles. The third kappa shape index (κ3) is 8.48. The SMILES string of the molecule is CCCN(NCC(C)C)NCC(C)C. The fraction of sp³-hybridized carbons (Fsp3) is 1.00. The number of nitrogens with one attached hydrogen (secondary N) is 2. The highest BCUT2D eigenvalue weighted by molar-refractivity contribution is 4.52. The second-order valence-corrected chi connectivity index (χ2v) is 4.66. The Labute approximate surface area is 89.2 Å².